The van der Waals surface area contributed by atoms with Gasteiger partial charge in [-0.3, -0.25) is 4.90 Å². The molecular formula is C14H21N3. The van der Waals surface area contributed by atoms with E-state index in [1.165, 1.54) is 0 Å². The van der Waals surface area contributed by atoms with E-state index in [1.807, 2.05) is 12.1 Å². The number of rotatable bonds is 5. The Morgan fingerprint density at radius 1 is 1.18 bits per heavy atom. The van der Waals surface area contributed by atoms with E-state index in [1.54, 1.807) is 0 Å². The van der Waals surface area contributed by atoms with Crippen LogP contribution in [0, 0.1) is 0 Å². The van der Waals surface area contributed by atoms with Crippen LogP contribution in [0.4, 0.5) is 0 Å². The standard InChI is InChI=1S/C14H21N3/c1-4-13(17(5-2)6-3)14-15-11-9-7-8-10-12(11)16-14/h7-10,13H,4-6H2,1-3H3,(H,15,16). The number of para-hydroxylation sites is 2. The van der Waals surface area contributed by atoms with Crippen molar-refractivity contribution in [2.75, 3.05) is 13.1 Å². The molecule has 0 aliphatic heterocycles. The van der Waals surface area contributed by atoms with Crippen molar-refractivity contribution in [1.29, 1.82) is 0 Å². The first-order valence-corrected chi connectivity index (χ1v) is 6.48. The van der Waals surface area contributed by atoms with Gasteiger partial charge in [0.2, 0.25) is 0 Å². The third-order valence-corrected chi connectivity index (χ3v) is 3.36. The topological polar surface area (TPSA) is 31.9 Å². The van der Waals surface area contributed by atoms with Crippen molar-refractivity contribution in [3.8, 4) is 0 Å². The second-order valence-electron chi connectivity index (χ2n) is 4.28. The minimum Gasteiger partial charge on any atom is -0.341 e. The average Bonchev–Trinajstić information content (AvgIpc) is 2.78. The number of H-pyrrole nitrogens is 1. The van der Waals surface area contributed by atoms with Gasteiger partial charge in [-0.2, -0.15) is 0 Å². The van der Waals surface area contributed by atoms with Gasteiger partial charge in [0, 0.05) is 0 Å². The molecule has 1 atom stereocenters. The summed E-state index contributed by atoms with van der Waals surface area (Å²) in [6.45, 7) is 8.75. The number of aromatic amines is 1. The Bertz CT molecular complexity index is 438. The molecule has 3 heteroatoms. The van der Waals surface area contributed by atoms with Gasteiger partial charge < -0.3 is 4.98 Å². The molecule has 1 N–H and O–H groups in total. The summed E-state index contributed by atoms with van der Waals surface area (Å²) in [5.74, 6) is 1.09. The van der Waals surface area contributed by atoms with Gasteiger partial charge in [-0.25, -0.2) is 4.98 Å². The lowest BCUT2D eigenvalue weighted by Crippen LogP contribution is -2.28. The van der Waals surface area contributed by atoms with Crippen molar-refractivity contribution in [1.82, 2.24) is 14.9 Å². The zero-order valence-electron chi connectivity index (χ0n) is 10.9. The highest BCUT2D eigenvalue weighted by molar-refractivity contribution is 5.74. The molecule has 0 amide bonds. The number of imidazole rings is 1. The first-order valence-electron chi connectivity index (χ1n) is 6.48. The SMILES string of the molecule is CCC(c1nc2ccccc2[nH]1)N(CC)CC. The zero-order chi connectivity index (χ0) is 12.3. The van der Waals surface area contributed by atoms with Crippen LogP contribution >= 0.6 is 0 Å². The van der Waals surface area contributed by atoms with Crippen LogP contribution in [0.25, 0.3) is 11.0 Å². The normalized spacial score (nSPS) is 13.4. The van der Waals surface area contributed by atoms with E-state index < -0.39 is 0 Å². The van der Waals surface area contributed by atoms with E-state index in [4.69, 9.17) is 4.98 Å². The Balaban J connectivity index is 2.36. The molecular weight excluding hydrogens is 210 g/mol. The molecule has 92 valence electrons. The van der Waals surface area contributed by atoms with E-state index in [2.05, 4.69) is 42.8 Å². The highest BCUT2D eigenvalue weighted by atomic mass is 15.2. The first kappa shape index (κ1) is 12.1. The summed E-state index contributed by atoms with van der Waals surface area (Å²) in [5, 5.41) is 0. The highest BCUT2D eigenvalue weighted by Crippen LogP contribution is 2.23. The van der Waals surface area contributed by atoms with Crippen molar-refractivity contribution >= 4 is 11.0 Å². The monoisotopic (exact) mass is 231 g/mol. The number of benzene rings is 1. The quantitative estimate of drug-likeness (QED) is 0.855. The van der Waals surface area contributed by atoms with Gasteiger partial charge in [0.15, 0.2) is 0 Å². The Labute approximate surface area is 103 Å². The number of nitrogens with one attached hydrogen (secondary N) is 1. The Hall–Kier alpha value is -1.35. The lowest BCUT2D eigenvalue weighted by Gasteiger charge is -2.26. The highest BCUT2D eigenvalue weighted by Gasteiger charge is 2.19. The van der Waals surface area contributed by atoms with Crippen molar-refractivity contribution in [2.24, 2.45) is 0 Å². The van der Waals surface area contributed by atoms with Gasteiger partial charge in [0.05, 0.1) is 17.1 Å². The third kappa shape index (κ3) is 2.34. The maximum Gasteiger partial charge on any atom is 0.124 e. The summed E-state index contributed by atoms with van der Waals surface area (Å²) in [5.41, 5.74) is 2.20. The van der Waals surface area contributed by atoms with Crippen LogP contribution < -0.4 is 0 Å². The number of aromatic nitrogens is 2. The number of hydrogen-bond donors (Lipinski definition) is 1. The van der Waals surface area contributed by atoms with Crippen molar-refractivity contribution in [3.63, 3.8) is 0 Å². The van der Waals surface area contributed by atoms with E-state index in [0.29, 0.717) is 6.04 Å². The summed E-state index contributed by atoms with van der Waals surface area (Å²) < 4.78 is 0. The Kier molecular flexibility index (Phi) is 3.79. The van der Waals surface area contributed by atoms with Gasteiger partial charge in [0.25, 0.3) is 0 Å². The lowest BCUT2D eigenvalue weighted by molar-refractivity contribution is 0.206. The van der Waals surface area contributed by atoms with Crippen LogP contribution in [0.2, 0.25) is 0 Å². The fraction of sp³-hybridized carbons (Fsp3) is 0.500. The van der Waals surface area contributed by atoms with Gasteiger partial charge >= 0.3 is 0 Å². The molecule has 0 saturated heterocycles. The predicted molar refractivity (Wildman–Crippen MR) is 72.0 cm³/mol. The van der Waals surface area contributed by atoms with Crippen LogP contribution in [0.3, 0.4) is 0 Å². The fourth-order valence-corrected chi connectivity index (χ4v) is 2.42. The summed E-state index contributed by atoms with van der Waals surface area (Å²) in [4.78, 5) is 10.6. The zero-order valence-corrected chi connectivity index (χ0v) is 10.9. The molecule has 1 aromatic heterocycles. The molecule has 0 aliphatic rings. The lowest BCUT2D eigenvalue weighted by atomic mass is 10.2. The molecule has 1 aromatic carbocycles. The fourth-order valence-electron chi connectivity index (χ4n) is 2.42. The molecule has 0 spiro atoms. The largest absolute Gasteiger partial charge is 0.341 e. The molecule has 1 heterocycles. The first-order chi connectivity index (χ1) is 8.30. The molecule has 0 saturated carbocycles. The van der Waals surface area contributed by atoms with Crippen LogP contribution in [0.5, 0.6) is 0 Å². The van der Waals surface area contributed by atoms with E-state index >= 15 is 0 Å². The molecule has 3 nitrogen and oxygen atoms in total. The summed E-state index contributed by atoms with van der Waals surface area (Å²) in [7, 11) is 0. The maximum atomic E-state index is 4.70. The van der Waals surface area contributed by atoms with E-state index in [-0.39, 0.29) is 0 Å². The molecule has 2 rings (SSSR count). The number of nitrogens with zero attached hydrogens (tertiary/aromatic N) is 2. The molecule has 17 heavy (non-hydrogen) atoms. The molecule has 0 fully saturated rings. The summed E-state index contributed by atoms with van der Waals surface area (Å²) in [6.07, 6.45) is 1.08. The molecule has 1 unspecified atom stereocenters. The minimum atomic E-state index is 0.400. The predicted octanol–water partition coefficient (Wildman–Crippen LogP) is 3.36. The van der Waals surface area contributed by atoms with E-state index in [9.17, 15) is 0 Å². The molecule has 2 aromatic rings. The van der Waals surface area contributed by atoms with E-state index in [0.717, 1.165) is 36.4 Å². The van der Waals surface area contributed by atoms with Crippen molar-refractivity contribution in [3.05, 3.63) is 30.1 Å². The van der Waals surface area contributed by atoms with Crippen molar-refractivity contribution < 1.29 is 0 Å². The average molecular weight is 231 g/mol. The van der Waals surface area contributed by atoms with Crippen LogP contribution in [0.15, 0.2) is 24.3 Å². The van der Waals surface area contributed by atoms with Gasteiger partial charge in [0.1, 0.15) is 5.82 Å². The van der Waals surface area contributed by atoms with Crippen LogP contribution in [-0.4, -0.2) is 28.0 Å². The third-order valence-electron chi connectivity index (χ3n) is 3.36. The molecule has 0 aliphatic carbocycles. The van der Waals surface area contributed by atoms with Crippen LogP contribution in [-0.2, 0) is 0 Å². The minimum absolute atomic E-state index is 0.400. The summed E-state index contributed by atoms with van der Waals surface area (Å²) in [6, 6.07) is 8.62. The Morgan fingerprint density at radius 3 is 2.47 bits per heavy atom. The second-order valence-corrected chi connectivity index (χ2v) is 4.28. The van der Waals surface area contributed by atoms with Gasteiger partial charge in [-0.1, -0.05) is 32.9 Å². The molecule has 0 radical (unpaired) electrons. The van der Waals surface area contributed by atoms with Gasteiger partial charge in [-0.05, 0) is 31.6 Å². The maximum absolute atomic E-state index is 4.70. The van der Waals surface area contributed by atoms with Gasteiger partial charge in [-0.15, -0.1) is 0 Å². The number of fused-ring (bicyclic) bond motifs is 1. The number of hydrogen-bond acceptors (Lipinski definition) is 2. The second kappa shape index (κ2) is 5.32. The van der Waals surface area contributed by atoms with Crippen LogP contribution in [0.1, 0.15) is 39.1 Å². The van der Waals surface area contributed by atoms with Crippen molar-refractivity contribution in [2.45, 2.75) is 33.2 Å². The molecule has 0 bridgehead atoms. The summed E-state index contributed by atoms with van der Waals surface area (Å²) >= 11 is 0. The smallest absolute Gasteiger partial charge is 0.124 e. The Morgan fingerprint density at radius 2 is 1.88 bits per heavy atom.